The topological polar surface area (TPSA) is 186 Å². The van der Waals surface area contributed by atoms with Gasteiger partial charge in [0, 0.05) is 34.3 Å². The number of carbonyl (C=O) groups excluding carboxylic acids is 4. The van der Waals surface area contributed by atoms with Crippen LogP contribution in [0.15, 0.2) is 125 Å². The quantitative estimate of drug-likeness (QED) is 0.0163. The van der Waals surface area contributed by atoms with E-state index in [-0.39, 0.29) is 136 Å². The number of allylic oxidation sites excluding steroid dienone is 2. The monoisotopic (exact) mass is 1550 g/mol. The van der Waals surface area contributed by atoms with Crippen molar-refractivity contribution in [3.8, 4) is 22.9 Å². The molecule has 0 saturated carbocycles. The summed E-state index contributed by atoms with van der Waals surface area (Å²) < 4.78 is 13.0. The Labute approximate surface area is 649 Å². The molecule has 2 aliphatic heterocycles. The number of halogens is 6. The summed E-state index contributed by atoms with van der Waals surface area (Å²) >= 11 is 41.1. The molecule has 4 heterocycles. The molecule has 9 rings (SSSR count). The van der Waals surface area contributed by atoms with Gasteiger partial charge in [0.25, 0.3) is 11.1 Å². The fraction of sp³-hybridized carbons (Fsp3) is 0.470. The van der Waals surface area contributed by atoms with Gasteiger partial charge < -0.3 is 20.1 Å². The number of unbranched alkanes of at least 4 members (excludes halogenated alkanes) is 28. The molecule has 0 aliphatic carbocycles. The molecule has 2 fully saturated rings. The first kappa shape index (κ1) is 82.2. The summed E-state index contributed by atoms with van der Waals surface area (Å²) in [6.07, 6.45) is 43.1. The number of ether oxygens (including phenoxy) is 2. The molecule has 5 aromatic carbocycles. The number of hydrogen-bond donors (Lipinski definition) is 4. The van der Waals surface area contributed by atoms with E-state index in [1.165, 1.54) is 180 Å². The van der Waals surface area contributed by atoms with E-state index in [1.54, 1.807) is 79.1 Å². The number of amides is 4. The summed E-state index contributed by atoms with van der Waals surface area (Å²) in [6, 6.07) is 24.5. The third-order valence-electron chi connectivity index (χ3n) is 20.5. The molecular weight excluding hydrogens is 1450 g/mol. The van der Waals surface area contributed by atoms with Gasteiger partial charge in [-0.05, 0) is 79.8 Å². The van der Waals surface area contributed by atoms with Crippen molar-refractivity contribution in [1.29, 1.82) is 0 Å². The molecule has 0 radical (unpaired) electrons. The lowest BCUT2D eigenvalue weighted by Crippen LogP contribution is -2.48. The second-order valence-electron chi connectivity index (χ2n) is 27.9. The molecule has 16 nitrogen and oxygen atoms in total. The second kappa shape index (κ2) is 40.9. The minimum absolute atomic E-state index is 0.00595. The zero-order valence-electron chi connectivity index (χ0n) is 61.4. The van der Waals surface area contributed by atoms with Crippen LogP contribution in [0.5, 0.6) is 11.5 Å². The lowest BCUT2D eigenvalue weighted by atomic mass is 9.86. The van der Waals surface area contributed by atoms with Gasteiger partial charge in [0.05, 0.1) is 88.4 Å². The van der Waals surface area contributed by atoms with Crippen molar-refractivity contribution in [3.05, 3.63) is 183 Å². The summed E-state index contributed by atoms with van der Waals surface area (Å²) in [7, 11) is 2.94. The number of likely N-dealkylation sites (tertiary alicyclic amines) is 2. The largest absolute Gasteiger partial charge is 0.495 e. The van der Waals surface area contributed by atoms with Crippen LogP contribution in [0.2, 0.25) is 30.1 Å². The Balaban J connectivity index is 1.09. The van der Waals surface area contributed by atoms with Crippen molar-refractivity contribution in [2.45, 2.75) is 238 Å². The van der Waals surface area contributed by atoms with Gasteiger partial charge in [-0.25, -0.2) is 28.5 Å². The van der Waals surface area contributed by atoms with E-state index in [1.807, 2.05) is 12.2 Å². The van der Waals surface area contributed by atoms with Gasteiger partial charge in [0.2, 0.25) is 0 Å². The summed E-state index contributed by atoms with van der Waals surface area (Å²) in [5.74, 6) is -2.12. The zero-order chi connectivity index (χ0) is 74.9. The molecule has 2 aromatic heterocycles. The number of anilines is 4. The lowest BCUT2D eigenvalue weighted by Gasteiger charge is -2.25. The number of aromatic amines is 2. The Morgan fingerprint density at radius 1 is 0.419 bits per heavy atom. The smallest absolute Gasteiger partial charge is 0.331 e. The molecule has 4 amide bonds. The number of nitrogens with zero attached hydrogens (tertiary/aromatic N) is 4. The number of aromatic nitrogens is 4. The Bertz CT molecular complexity index is 3940. The maximum absolute atomic E-state index is 16.2. The van der Waals surface area contributed by atoms with E-state index >= 15 is 9.59 Å². The molecule has 105 heavy (non-hydrogen) atoms. The molecule has 4 N–H and O–H groups in total. The van der Waals surface area contributed by atoms with Gasteiger partial charge in [-0.3, -0.25) is 19.8 Å². The van der Waals surface area contributed by atoms with Crippen molar-refractivity contribution in [2.75, 3.05) is 24.9 Å². The van der Waals surface area contributed by atoms with Gasteiger partial charge in [0.15, 0.2) is 11.4 Å². The first-order valence-electron chi connectivity index (χ1n) is 38.2. The van der Waals surface area contributed by atoms with Crippen LogP contribution in [0.3, 0.4) is 0 Å². The van der Waals surface area contributed by atoms with Gasteiger partial charge in [-0.15, -0.1) is 8.97 Å². The number of hydrogen-bond acceptors (Lipinski definition) is 10. The average molecular weight is 1550 g/mol. The molecule has 564 valence electrons. The number of carbonyl (C=O) groups is 4. The number of imide groups is 2. The predicted molar refractivity (Wildman–Crippen MR) is 433 cm³/mol. The lowest BCUT2D eigenvalue weighted by molar-refractivity contribution is -0.136. The summed E-state index contributed by atoms with van der Waals surface area (Å²) in [5, 5.41) is 13.7. The fourth-order valence-electron chi connectivity index (χ4n) is 14.7. The highest BCUT2D eigenvalue weighted by Crippen LogP contribution is 2.46. The minimum Gasteiger partial charge on any atom is -0.495 e. The maximum Gasteiger partial charge on any atom is 0.331 e. The van der Waals surface area contributed by atoms with Crippen molar-refractivity contribution in [2.24, 2.45) is 0 Å². The van der Waals surface area contributed by atoms with Crippen LogP contribution >= 0.6 is 69.6 Å². The predicted octanol–water partition coefficient (Wildman–Crippen LogP) is 24.3. The zero-order valence-corrected chi connectivity index (χ0v) is 65.9. The van der Waals surface area contributed by atoms with E-state index in [9.17, 15) is 19.2 Å². The Morgan fingerprint density at radius 2 is 0.724 bits per heavy atom. The normalized spacial score (nSPS) is 14.6. The number of rotatable bonds is 45. The first-order chi connectivity index (χ1) is 50.9. The van der Waals surface area contributed by atoms with Crippen LogP contribution in [-0.4, -0.2) is 57.4 Å². The molecule has 2 aliphatic rings. The van der Waals surface area contributed by atoms with Gasteiger partial charge in [-0.1, -0.05) is 281 Å². The Hall–Kier alpha value is -6.86. The molecule has 0 unspecified atom stereocenters. The second-order valence-corrected chi connectivity index (χ2v) is 30.4. The molecule has 22 heteroatoms. The number of methoxy groups -OCH3 is 2. The van der Waals surface area contributed by atoms with E-state index in [0.717, 1.165) is 47.9 Å². The number of H-pyrrole nitrogens is 2. The standard InChI is InChI=1S/C83H102Cl6N8O8/c1-5-7-9-11-13-15-17-19-21-23-25-27-29-31-33-38-50-96(71(98)46-47-72(96)99)61-42-44-69(104-3)67(56-61)90-80-76(82(102)94(92-80)78-63(86)52-59(84)53-64(78)87)75(58-40-36-35-37-41-58)77-81(93-95(83(77)103)79-65(88)54-60(85)55-66(79)89)91-68-57-62(43-45-70(68)105-4)97(73(100)48-49-74(97)101)51-39-34-32-30-28-26-24-22-20-18-16-14-12-10-8-6-2/h35-45,50-57,75H,5-34,46-49H2,1-4H3,(H2-2,90,91,92,93,102,103)/p+2. The van der Waals surface area contributed by atoms with Crippen LogP contribution in [0.1, 0.15) is 255 Å². The SMILES string of the molecule is CCCCCCCCCCCCCCCCC=C[N+]1(c2ccc(OC)c(Nc3[nH]n(-c4c(Cl)cc(Cl)cc4Cl)c(=O)c3C(c3ccccc3)c3c(Nc4cc([N+]5(C=CCCCCCCCCCCCCCCCC)C(=O)CCC5=O)ccc4OC)[nH]n(-c4c(Cl)cc(Cl)cc4Cl)c3=O)c2)C(=O)CCC1=O. The van der Waals surface area contributed by atoms with Gasteiger partial charge in [0.1, 0.15) is 46.9 Å². The maximum atomic E-state index is 16.2. The van der Waals surface area contributed by atoms with E-state index in [2.05, 4.69) is 34.7 Å². The van der Waals surface area contributed by atoms with Crippen molar-refractivity contribution < 1.29 is 28.7 Å². The molecule has 0 spiro atoms. The van der Waals surface area contributed by atoms with Crippen molar-refractivity contribution in [1.82, 2.24) is 28.5 Å². The number of quaternary nitrogens is 2. The third-order valence-corrected chi connectivity index (χ3v) is 22.0. The highest BCUT2D eigenvalue weighted by molar-refractivity contribution is 6.41. The van der Waals surface area contributed by atoms with Crippen LogP contribution in [0.4, 0.5) is 34.4 Å². The summed E-state index contributed by atoms with van der Waals surface area (Å²) in [5.41, 5.74) is -0.118. The van der Waals surface area contributed by atoms with Gasteiger partial charge >= 0.3 is 23.6 Å². The van der Waals surface area contributed by atoms with Crippen LogP contribution < -0.4 is 40.2 Å². The Morgan fingerprint density at radius 3 is 1.03 bits per heavy atom. The van der Waals surface area contributed by atoms with Crippen molar-refractivity contribution in [3.63, 3.8) is 0 Å². The fourth-order valence-corrected chi connectivity index (χ4v) is 16.7. The first-order valence-corrected chi connectivity index (χ1v) is 40.4. The highest BCUT2D eigenvalue weighted by Gasteiger charge is 2.52. The molecule has 0 atom stereocenters. The molecule has 2 saturated heterocycles. The summed E-state index contributed by atoms with van der Waals surface area (Å²) in [4.78, 5) is 90.1. The van der Waals surface area contributed by atoms with E-state index < -0.39 is 26.0 Å². The van der Waals surface area contributed by atoms with Crippen LogP contribution in [0.25, 0.3) is 11.4 Å². The number of benzene rings is 5. The minimum atomic E-state index is -1.39. The average Bonchev–Trinajstić information content (AvgIpc) is 1.66. The van der Waals surface area contributed by atoms with E-state index in [0.29, 0.717) is 29.8 Å². The molecular formula is C83H104Cl6N8O8+2. The molecule has 7 aromatic rings. The van der Waals surface area contributed by atoms with Crippen LogP contribution in [-0.2, 0) is 19.2 Å². The third kappa shape index (κ3) is 20.5. The molecule has 0 bridgehead atoms. The van der Waals surface area contributed by atoms with Gasteiger partial charge in [-0.2, -0.15) is 0 Å². The highest BCUT2D eigenvalue weighted by atomic mass is 35.5. The Kier molecular flexibility index (Phi) is 32.0. The van der Waals surface area contributed by atoms with E-state index in [4.69, 9.17) is 79.1 Å². The van der Waals surface area contributed by atoms with Crippen molar-refractivity contribution >= 4 is 128 Å². The number of nitrogens with one attached hydrogen (secondary N) is 4. The van der Waals surface area contributed by atoms with Crippen LogP contribution in [0, 0.1) is 0 Å². The summed E-state index contributed by atoms with van der Waals surface area (Å²) in [6.45, 7) is 4.50.